The Morgan fingerprint density at radius 3 is 2.34 bits per heavy atom. The molecule has 0 saturated carbocycles. The third-order valence-corrected chi connectivity index (χ3v) is 8.76. The number of fused-ring (bicyclic) bond motifs is 1. The maximum Gasteiger partial charge on any atom is 0.255 e. The van der Waals surface area contributed by atoms with Crippen LogP contribution in [-0.2, 0) is 14.8 Å². The molecule has 2 atom stereocenters. The van der Waals surface area contributed by atoms with Crippen molar-refractivity contribution in [2.24, 2.45) is 11.7 Å². The third-order valence-electron chi connectivity index (χ3n) is 7.21. The molecule has 1 aliphatic rings. The highest BCUT2D eigenvalue weighted by Crippen LogP contribution is 2.31. The Morgan fingerprint density at radius 2 is 1.68 bits per heavy atom. The van der Waals surface area contributed by atoms with E-state index in [9.17, 15) is 18.0 Å². The molecule has 1 fully saturated rings. The minimum Gasteiger partial charge on any atom is -0.341 e. The van der Waals surface area contributed by atoms with E-state index in [-0.39, 0.29) is 28.7 Å². The van der Waals surface area contributed by atoms with Crippen molar-refractivity contribution in [2.75, 3.05) is 18.4 Å². The summed E-state index contributed by atoms with van der Waals surface area (Å²) in [5.74, 6) is -0.426. The van der Waals surface area contributed by atoms with Crippen LogP contribution >= 0.6 is 0 Å². The molecule has 9 heteroatoms. The Labute approximate surface area is 224 Å². The van der Waals surface area contributed by atoms with Gasteiger partial charge in [0.05, 0.1) is 10.4 Å². The Balaban J connectivity index is 1.59. The molecule has 0 aliphatic carbocycles. The van der Waals surface area contributed by atoms with Crippen molar-refractivity contribution in [1.82, 2.24) is 9.62 Å². The molecular formula is C29H36N4O4S. The molecule has 0 spiro atoms. The first kappa shape index (κ1) is 27.8. The molecule has 4 rings (SSSR count). The molecule has 3 aromatic carbocycles. The molecule has 0 unspecified atom stereocenters. The first-order chi connectivity index (χ1) is 17.9. The van der Waals surface area contributed by atoms with Gasteiger partial charge < -0.3 is 16.0 Å². The molecule has 0 aromatic heterocycles. The van der Waals surface area contributed by atoms with Crippen LogP contribution in [-0.4, -0.2) is 49.8 Å². The van der Waals surface area contributed by atoms with Crippen LogP contribution in [0.2, 0.25) is 0 Å². The van der Waals surface area contributed by atoms with Crippen molar-refractivity contribution in [3.05, 3.63) is 71.8 Å². The first-order valence-corrected chi connectivity index (χ1v) is 14.4. The van der Waals surface area contributed by atoms with Gasteiger partial charge in [0, 0.05) is 41.2 Å². The zero-order valence-electron chi connectivity index (χ0n) is 22.3. The van der Waals surface area contributed by atoms with Crippen LogP contribution in [0, 0.1) is 12.8 Å². The van der Waals surface area contributed by atoms with E-state index in [2.05, 4.69) is 10.0 Å². The number of aryl methyl sites for hydroxylation is 1. The fourth-order valence-electron chi connectivity index (χ4n) is 5.09. The minimum absolute atomic E-state index is 0.0382. The zero-order chi connectivity index (χ0) is 27.7. The number of likely N-dealkylation sites (tertiary alicyclic amines) is 1. The summed E-state index contributed by atoms with van der Waals surface area (Å²) < 4.78 is 30.2. The van der Waals surface area contributed by atoms with Gasteiger partial charge in [-0.1, -0.05) is 55.8 Å². The standard InChI is InChI=1S/C29H36N4O4S/c1-5-20-18-33(28(35)29(3,4)30)17-16-24(20)32-38(36,37)26-15-14-25(22-12-8-9-13-23(22)26)31-27(34)21-11-7-6-10-19(21)2/h6-15,20,24,32H,5,16-18,30H2,1-4H3,(H,31,34)/t20-,24+/m1/s1. The Bertz CT molecular complexity index is 1460. The monoisotopic (exact) mass is 536 g/mol. The summed E-state index contributed by atoms with van der Waals surface area (Å²) >= 11 is 0. The number of hydrogen-bond donors (Lipinski definition) is 3. The molecule has 1 heterocycles. The average molecular weight is 537 g/mol. The second-order valence-electron chi connectivity index (χ2n) is 10.6. The predicted molar refractivity (Wildman–Crippen MR) is 150 cm³/mol. The van der Waals surface area contributed by atoms with Crippen LogP contribution in [0.1, 0.15) is 49.5 Å². The summed E-state index contributed by atoms with van der Waals surface area (Å²) in [6.45, 7) is 8.12. The minimum atomic E-state index is -3.89. The lowest BCUT2D eigenvalue weighted by Gasteiger charge is -2.40. The van der Waals surface area contributed by atoms with E-state index < -0.39 is 15.6 Å². The van der Waals surface area contributed by atoms with Crippen LogP contribution in [0.15, 0.2) is 65.6 Å². The van der Waals surface area contributed by atoms with Crippen molar-refractivity contribution < 1.29 is 18.0 Å². The van der Waals surface area contributed by atoms with E-state index in [4.69, 9.17) is 5.73 Å². The molecular weight excluding hydrogens is 500 g/mol. The van der Waals surface area contributed by atoms with Crippen LogP contribution < -0.4 is 15.8 Å². The summed E-state index contributed by atoms with van der Waals surface area (Å²) in [6.07, 6.45) is 1.22. The lowest BCUT2D eigenvalue weighted by Crippen LogP contribution is -2.58. The van der Waals surface area contributed by atoms with Gasteiger partial charge in [-0.15, -0.1) is 0 Å². The normalized spacial score (nSPS) is 18.4. The highest BCUT2D eigenvalue weighted by molar-refractivity contribution is 7.89. The number of nitrogens with two attached hydrogens (primary N) is 1. The Morgan fingerprint density at radius 1 is 1.03 bits per heavy atom. The number of nitrogens with one attached hydrogen (secondary N) is 2. The quantitative estimate of drug-likeness (QED) is 0.421. The molecule has 2 amide bonds. The Kier molecular flexibility index (Phi) is 7.92. The van der Waals surface area contributed by atoms with Crippen molar-refractivity contribution in [3.63, 3.8) is 0 Å². The third kappa shape index (κ3) is 5.75. The van der Waals surface area contributed by atoms with Crippen molar-refractivity contribution >= 4 is 38.3 Å². The van der Waals surface area contributed by atoms with Crippen LogP contribution in [0.5, 0.6) is 0 Å². The highest BCUT2D eigenvalue weighted by Gasteiger charge is 2.37. The second-order valence-corrected chi connectivity index (χ2v) is 12.3. The number of anilines is 1. The first-order valence-electron chi connectivity index (χ1n) is 12.9. The van der Waals surface area contributed by atoms with Gasteiger partial charge in [-0.05, 0) is 56.9 Å². The highest BCUT2D eigenvalue weighted by atomic mass is 32.2. The van der Waals surface area contributed by atoms with E-state index >= 15 is 0 Å². The van der Waals surface area contributed by atoms with Crippen LogP contribution in [0.25, 0.3) is 10.8 Å². The number of amides is 2. The number of hydrogen-bond acceptors (Lipinski definition) is 5. The summed E-state index contributed by atoms with van der Waals surface area (Å²) in [6, 6.07) is 17.3. The van der Waals surface area contributed by atoms with Crippen LogP contribution in [0.4, 0.5) is 5.69 Å². The van der Waals surface area contributed by atoms with Gasteiger partial charge in [-0.25, -0.2) is 13.1 Å². The average Bonchev–Trinajstić information content (AvgIpc) is 2.88. The molecule has 8 nitrogen and oxygen atoms in total. The van der Waals surface area contributed by atoms with Gasteiger partial charge in [0.1, 0.15) is 0 Å². The number of carbonyl (C=O) groups excluding carboxylic acids is 2. The predicted octanol–water partition coefficient (Wildman–Crippen LogP) is 4.04. The maximum absolute atomic E-state index is 13.7. The molecule has 38 heavy (non-hydrogen) atoms. The molecule has 1 saturated heterocycles. The SMILES string of the molecule is CC[C@@H]1CN(C(=O)C(C)(C)N)CC[C@@H]1NS(=O)(=O)c1ccc(NC(=O)c2ccccc2C)c2ccccc12. The van der Waals surface area contributed by atoms with Gasteiger partial charge >= 0.3 is 0 Å². The zero-order valence-corrected chi connectivity index (χ0v) is 23.1. The Hall–Kier alpha value is -3.27. The number of carbonyl (C=O) groups is 2. The van der Waals surface area contributed by atoms with E-state index in [1.165, 1.54) is 6.07 Å². The van der Waals surface area contributed by atoms with Crippen LogP contribution in [0.3, 0.4) is 0 Å². The topological polar surface area (TPSA) is 122 Å². The summed E-state index contributed by atoms with van der Waals surface area (Å²) in [4.78, 5) is 27.5. The van der Waals surface area contributed by atoms with Gasteiger partial charge in [-0.3, -0.25) is 9.59 Å². The second kappa shape index (κ2) is 10.8. The molecule has 4 N–H and O–H groups in total. The van der Waals surface area contributed by atoms with E-state index in [1.807, 2.05) is 38.1 Å². The fraction of sp³-hybridized carbons (Fsp3) is 0.379. The molecule has 0 radical (unpaired) electrons. The van der Waals surface area contributed by atoms with Crippen molar-refractivity contribution in [3.8, 4) is 0 Å². The fourth-order valence-corrected chi connectivity index (χ4v) is 6.64. The lowest BCUT2D eigenvalue weighted by molar-refractivity contribution is -0.138. The summed E-state index contributed by atoms with van der Waals surface area (Å²) in [7, 11) is -3.89. The largest absolute Gasteiger partial charge is 0.341 e. The summed E-state index contributed by atoms with van der Waals surface area (Å²) in [5, 5.41) is 4.10. The molecule has 3 aromatic rings. The molecule has 0 bridgehead atoms. The van der Waals surface area contributed by atoms with Gasteiger partial charge in [0.2, 0.25) is 15.9 Å². The molecule has 202 valence electrons. The van der Waals surface area contributed by atoms with Crippen molar-refractivity contribution in [2.45, 2.75) is 57.0 Å². The van der Waals surface area contributed by atoms with Gasteiger partial charge in [0.15, 0.2) is 0 Å². The van der Waals surface area contributed by atoms with Crippen molar-refractivity contribution in [1.29, 1.82) is 0 Å². The van der Waals surface area contributed by atoms with E-state index in [0.717, 1.165) is 5.56 Å². The lowest BCUT2D eigenvalue weighted by atomic mass is 9.89. The van der Waals surface area contributed by atoms with Gasteiger partial charge in [-0.2, -0.15) is 0 Å². The maximum atomic E-state index is 13.7. The van der Waals surface area contributed by atoms with E-state index in [1.54, 1.807) is 49.1 Å². The number of benzene rings is 3. The summed E-state index contributed by atoms with van der Waals surface area (Å²) in [5.41, 5.74) is 6.99. The number of piperidine rings is 1. The number of sulfonamides is 1. The molecule has 1 aliphatic heterocycles. The smallest absolute Gasteiger partial charge is 0.255 e. The number of nitrogens with zero attached hydrogens (tertiary/aromatic N) is 1. The van der Waals surface area contributed by atoms with E-state index in [0.29, 0.717) is 48.0 Å². The number of rotatable bonds is 7. The van der Waals surface area contributed by atoms with Gasteiger partial charge in [0.25, 0.3) is 5.91 Å².